The molecule has 2 aromatic carbocycles. The zero-order valence-corrected chi connectivity index (χ0v) is 19.1. The lowest BCUT2D eigenvalue weighted by atomic mass is 9.83. The van der Waals surface area contributed by atoms with Crippen LogP contribution in [0.1, 0.15) is 30.1 Å². The van der Waals surface area contributed by atoms with Gasteiger partial charge < -0.3 is 0 Å². The number of sulfone groups is 1. The van der Waals surface area contributed by atoms with Gasteiger partial charge in [0.05, 0.1) is 28.9 Å². The van der Waals surface area contributed by atoms with Crippen LogP contribution in [-0.4, -0.2) is 40.5 Å². The third kappa shape index (κ3) is 4.23. The number of halogens is 2. The molecule has 0 amide bonds. The van der Waals surface area contributed by atoms with Gasteiger partial charge in [-0.05, 0) is 54.3 Å². The first kappa shape index (κ1) is 22.3. The van der Waals surface area contributed by atoms with Crippen molar-refractivity contribution in [3.05, 3.63) is 78.1 Å². The fourth-order valence-electron chi connectivity index (χ4n) is 4.53. The van der Waals surface area contributed by atoms with E-state index in [-0.39, 0.29) is 23.7 Å². The maximum Gasteiger partial charge on any atom is 0.163 e. The zero-order chi connectivity index (χ0) is 24.1. The van der Waals surface area contributed by atoms with Crippen LogP contribution in [-0.2, 0) is 9.84 Å². The molecular weight excluding hydrogens is 460 g/mol. The third-order valence-electron chi connectivity index (χ3n) is 6.22. The van der Waals surface area contributed by atoms with Crippen LogP contribution in [0.15, 0.2) is 60.9 Å². The number of nitrogens with zero attached hydrogens (tertiary/aromatic N) is 3. The molecular formula is C25H21F2N3O3S. The van der Waals surface area contributed by atoms with Gasteiger partial charge in [-0.15, -0.1) is 0 Å². The topological polar surface area (TPSA) is 81.9 Å². The van der Waals surface area contributed by atoms with Gasteiger partial charge in [0.2, 0.25) is 0 Å². The number of hydrogen-bond donors (Lipinski definition) is 0. The van der Waals surface area contributed by atoms with Crippen molar-refractivity contribution in [3.63, 3.8) is 0 Å². The SMILES string of the molecule is CC1(CC(=O)c2ccc3c(-c4cncc(F)c4)nn(-c4ccc(F)cc4)c3c2)CCS(=O)(=O)C1. The Morgan fingerprint density at radius 1 is 1.06 bits per heavy atom. The van der Waals surface area contributed by atoms with Crippen LogP contribution in [0.4, 0.5) is 8.78 Å². The van der Waals surface area contributed by atoms with Crippen molar-refractivity contribution in [2.24, 2.45) is 5.41 Å². The average molecular weight is 482 g/mol. The largest absolute Gasteiger partial charge is 0.294 e. The first-order valence-electron chi connectivity index (χ1n) is 10.8. The van der Waals surface area contributed by atoms with Crippen LogP contribution in [0.2, 0.25) is 0 Å². The lowest BCUT2D eigenvalue weighted by Gasteiger charge is -2.20. The van der Waals surface area contributed by atoms with Gasteiger partial charge in [0.1, 0.15) is 17.3 Å². The molecule has 3 heterocycles. The van der Waals surface area contributed by atoms with E-state index in [0.29, 0.717) is 39.8 Å². The van der Waals surface area contributed by atoms with Gasteiger partial charge in [-0.25, -0.2) is 21.9 Å². The molecule has 0 N–H and O–H groups in total. The quantitative estimate of drug-likeness (QED) is 0.384. The Hall–Kier alpha value is -3.46. The molecule has 0 saturated carbocycles. The van der Waals surface area contributed by atoms with Crippen molar-refractivity contribution in [2.45, 2.75) is 19.8 Å². The second kappa shape index (κ2) is 8.09. The second-order valence-electron chi connectivity index (χ2n) is 9.11. The highest BCUT2D eigenvalue weighted by Crippen LogP contribution is 2.37. The van der Waals surface area contributed by atoms with E-state index in [2.05, 4.69) is 10.1 Å². The molecule has 0 aliphatic carbocycles. The fraction of sp³-hybridized carbons (Fsp3) is 0.240. The number of Topliss-reactive ketones (excluding diaryl/α,β-unsaturated/α-hetero) is 1. The first-order chi connectivity index (χ1) is 16.1. The second-order valence-corrected chi connectivity index (χ2v) is 11.3. The maximum atomic E-state index is 13.9. The molecule has 174 valence electrons. The highest BCUT2D eigenvalue weighted by molar-refractivity contribution is 7.91. The number of carbonyl (C=O) groups excluding carboxylic acids is 1. The van der Waals surface area contributed by atoms with Crippen molar-refractivity contribution < 1.29 is 22.0 Å². The van der Waals surface area contributed by atoms with E-state index in [9.17, 15) is 22.0 Å². The highest BCUT2D eigenvalue weighted by Gasteiger charge is 2.39. The molecule has 6 nitrogen and oxygen atoms in total. The van der Waals surface area contributed by atoms with E-state index in [1.807, 2.05) is 6.92 Å². The summed E-state index contributed by atoms with van der Waals surface area (Å²) >= 11 is 0. The Balaban J connectivity index is 1.61. The van der Waals surface area contributed by atoms with Crippen molar-refractivity contribution >= 4 is 26.5 Å². The van der Waals surface area contributed by atoms with Gasteiger partial charge in [0.15, 0.2) is 15.6 Å². The molecule has 0 radical (unpaired) electrons. The van der Waals surface area contributed by atoms with Crippen LogP contribution in [0.3, 0.4) is 0 Å². The molecule has 1 atom stereocenters. The normalized spacial score (nSPS) is 19.5. The minimum atomic E-state index is -3.13. The predicted molar refractivity (Wildman–Crippen MR) is 125 cm³/mol. The molecule has 5 rings (SSSR count). The number of hydrogen-bond acceptors (Lipinski definition) is 5. The van der Waals surface area contributed by atoms with Gasteiger partial charge in [-0.1, -0.05) is 13.0 Å². The average Bonchev–Trinajstić information content (AvgIpc) is 3.30. The molecule has 1 aliphatic rings. The van der Waals surface area contributed by atoms with Gasteiger partial charge in [0, 0.05) is 29.1 Å². The number of rotatable bonds is 5. The summed E-state index contributed by atoms with van der Waals surface area (Å²) in [5, 5.41) is 5.30. The molecule has 1 saturated heterocycles. The van der Waals surface area contributed by atoms with E-state index in [1.54, 1.807) is 35.0 Å². The smallest absolute Gasteiger partial charge is 0.163 e. The molecule has 34 heavy (non-hydrogen) atoms. The molecule has 9 heteroatoms. The Morgan fingerprint density at radius 2 is 1.82 bits per heavy atom. The number of pyridine rings is 1. The minimum Gasteiger partial charge on any atom is -0.294 e. The van der Waals surface area contributed by atoms with Crippen molar-refractivity contribution in [1.29, 1.82) is 0 Å². The lowest BCUT2D eigenvalue weighted by molar-refractivity contribution is 0.0934. The van der Waals surface area contributed by atoms with Gasteiger partial charge in [0.25, 0.3) is 0 Å². The van der Waals surface area contributed by atoms with Gasteiger partial charge in [-0.3, -0.25) is 9.78 Å². The Morgan fingerprint density at radius 3 is 2.50 bits per heavy atom. The number of aromatic nitrogens is 3. The van der Waals surface area contributed by atoms with Crippen molar-refractivity contribution in [3.8, 4) is 16.9 Å². The maximum absolute atomic E-state index is 13.9. The van der Waals surface area contributed by atoms with Crippen LogP contribution >= 0.6 is 0 Å². The number of benzene rings is 2. The predicted octanol–water partition coefficient (Wildman–Crippen LogP) is 4.76. The van der Waals surface area contributed by atoms with E-state index in [4.69, 9.17) is 0 Å². The van der Waals surface area contributed by atoms with Crippen LogP contribution in [0, 0.1) is 17.0 Å². The standard InChI is InChI=1S/C25H21F2N3O3S/c1-25(8-9-34(32,33)15-25)12-23(31)16-2-7-21-22(11-16)30(20-5-3-18(26)4-6-20)29-24(21)17-10-19(27)14-28-13-17/h2-7,10-11,13-14H,8-9,12,15H2,1H3. The molecule has 0 spiro atoms. The van der Waals surface area contributed by atoms with E-state index >= 15 is 0 Å². The summed E-state index contributed by atoms with van der Waals surface area (Å²) in [5.74, 6) is -0.975. The molecule has 1 unspecified atom stereocenters. The number of fused-ring (bicyclic) bond motifs is 1. The summed E-state index contributed by atoms with van der Waals surface area (Å²) in [4.78, 5) is 17.0. The van der Waals surface area contributed by atoms with E-state index in [0.717, 1.165) is 6.20 Å². The molecule has 1 fully saturated rings. The summed E-state index contributed by atoms with van der Waals surface area (Å²) < 4.78 is 52.8. The Kier molecular flexibility index (Phi) is 5.31. The summed E-state index contributed by atoms with van der Waals surface area (Å²) in [6.07, 6.45) is 3.17. The van der Waals surface area contributed by atoms with Gasteiger partial charge in [-0.2, -0.15) is 5.10 Å². The Labute approximate surface area is 195 Å². The number of ketones is 1. The summed E-state index contributed by atoms with van der Waals surface area (Å²) in [7, 11) is -3.13. The fourth-order valence-corrected chi connectivity index (χ4v) is 6.78. The van der Waals surface area contributed by atoms with Crippen LogP contribution in [0.25, 0.3) is 27.8 Å². The monoisotopic (exact) mass is 481 g/mol. The third-order valence-corrected chi connectivity index (χ3v) is 8.19. The zero-order valence-electron chi connectivity index (χ0n) is 18.3. The van der Waals surface area contributed by atoms with Crippen LogP contribution in [0.5, 0.6) is 0 Å². The van der Waals surface area contributed by atoms with Crippen molar-refractivity contribution in [2.75, 3.05) is 11.5 Å². The molecule has 4 aromatic rings. The van der Waals surface area contributed by atoms with Crippen LogP contribution < -0.4 is 0 Å². The summed E-state index contributed by atoms with van der Waals surface area (Å²) in [6.45, 7) is 1.83. The highest BCUT2D eigenvalue weighted by atomic mass is 32.2. The molecule has 1 aliphatic heterocycles. The summed E-state index contributed by atoms with van der Waals surface area (Å²) in [6, 6.07) is 12.2. The van der Waals surface area contributed by atoms with E-state index in [1.165, 1.54) is 24.4 Å². The lowest BCUT2D eigenvalue weighted by Crippen LogP contribution is -2.22. The summed E-state index contributed by atoms with van der Waals surface area (Å²) in [5.41, 5.74) is 1.92. The minimum absolute atomic E-state index is 0.00177. The first-order valence-corrected chi connectivity index (χ1v) is 12.6. The Bertz CT molecular complexity index is 1530. The molecule has 2 aromatic heterocycles. The molecule has 0 bridgehead atoms. The van der Waals surface area contributed by atoms with E-state index < -0.39 is 26.9 Å². The van der Waals surface area contributed by atoms with Crippen molar-refractivity contribution in [1.82, 2.24) is 14.8 Å². The number of carbonyl (C=O) groups is 1. The van der Waals surface area contributed by atoms with Gasteiger partial charge >= 0.3 is 0 Å².